The van der Waals surface area contributed by atoms with Crippen molar-refractivity contribution < 1.29 is 14.4 Å². The number of amides is 4. The Morgan fingerprint density at radius 2 is 2.04 bits per heavy atom. The number of nitrogens with zero attached hydrogens (tertiary/aromatic N) is 2. The highest BCUT2D eigenvalue weighted by atomic mass is 32.1. The summed E-state index contributed by atoms with van der Waals surface area (Å²) in [6.07, 6.45) is 5.86. The van der Waals surface area contributed by atoms with Gasteiger partial charge in [0.2, 0.25) is 5.91 Å². The number of hydrogen-bond acceptors (Lipinski definition) is 5. The molecule has 1 aromatic heterocycles. The number of anilines is 1. The number of carbonyl (C=O) groups is 3. The third-order valence-electron chi connectivity index (χ3n) is 5.23. The molecular formula is C18H26N4O3S. The molecule has 0 aromatic carbocycles. The average Bonchev–Trinajstić information content (AvgIpc) is 3.28. The Kier molecular flexibility index (Phi) is 5.32. The Balaban J connectivity index is 1.72. The minimum atomic E-state index is -0.869. The number of urea groups is 1. The van der Waals surface area contributed by atoms with Crippen LogP contribution in [0, 0.1) is 0 Å². The normalized spacial score (nSPS) is 19.9. The van der Waals surface area contributed by atoms with E-state index in [2.05, 4.69) is 29.5 Å². The second-order valence-corrected chi connectivity index (χ2v) is 8.14. The van der Waals surface area contributed by atoms with E-state index in [9.17, 15) is 14.4 Å². The Bertz CT molecular complexity index is 724. The van der Waals surface area contributed by atoms with Gasteiger partial charge in [0.05, 0.1) is 5.69 Å². The third kappa shape index (κ3) is 3.22. The van der Waals surface area contributed by atoms with E-state index in [0.717, 1.165) is 47.6 Å². The third-order valence-corrected chi connectivity index (χ3v) is 6.39. The van der Waals surface area contributed by atoms with Gasteiger partial charge in [0.25, 0.3) is 5.91 Å². The van der Waals surface area contributed by atoms with Gasteiger partial charge in [-0.1, -0.05) is 33.1 Å². The van der Waals surface area contributed by atoms with E-state index < -0.39 is 17.6 Å². The molecule has 1 saturated heterocycles. The van der Waals surface area contributed by atoms with Crippen LogP contribution in [0.4, 0.5) is 9.93 Å². The maximum Gasteiger partial charge on any atom is 0.325 e. The zero-order valence-electron chi connectivity index (χ0n) is 15.6. The summed E-state index contributed by atoms with van der Waals surface area (Å²) < 4.78 is 0. The van der Waals surface area contributed by atoms with Crippen molar-refractivity contribution in [3.05, 3.63) is 10.6 Å². The molecule has 8 heteroatoms. The Labute approximate surface area is 157 Å². The highest BCUT2D eigenvalue weighted by Crippen LogP contribution is 2.36. The van der Waals surface area contributed by atoms with Crippen molar-refractivity contribution >= 4 is 34.3 Å². The van der Waals surface area contributed by atoms with Crippen molar-refractivity contribution in [1.82, 2.24) is 15.2 Å². The van der Waals surface area contributed by atoms with E-state index in [1.165, 1.54) is 11.3 Å². The lowest BCUT2D eigenvalue weighted by atomic mass is 9.97. The average molecular weight is 378 g/mol. The van der Waals surface area contributed by atoms with Gasteiger partial charge in [-0.3, -0.25) is 9.59 Å². The summed E-state index contributed by atoms with van der Waals surface area (Å²) in [5, 5.41) is 6.13. The Morgan fingerprint density at radius 1 is 1.35 bits per heavy atom. The van der Waals surface area contributed by atoms with Crippen LogP contribution in [0.2, 0.25) is 0 Å². The van der Waals surface area contributed by atoms with Crippen LogP contribution in [0.3, 0.4) is 0 Å². The molecule has 2 heterocycles. The molecule has 0 radical (unpaired) electrons. The molecule has 142 valence electrons. The second kappa shape index (κ2) is 7.34. The standard InChI is InChI=1S/C18H26N4O3S/c1-4-8-12-13(5-2)26-16(19-12)20-14(23)11(3)22-15(24)18(21-17(22)25)9-6-7-10-18/h11H,4-10H2,1-3H3,(H,21,25)(H,19,20,23). The topological polar surface area (TPSA) is 91.4 Å². The highest BCUT2D eigenvalue weighted by Gasteiger charge is 2.54. The van der Waals surface area contributed by atoms with Gasteiger partial charge in [0, 0.05) is 4.88 Å². The van der Waals surface area contributed by atoms with Crippen LogP contribution >= 0.6 is 11.3 Å². The van der Waals surface area contributed by atoms with Crippen molar-refractivity contribution in [2.24, 2.45) is 0 Å². The van der Waals surface area contributed by atoms with Crippen LogP contribution in [0.15, 0.2) is 0 Å². The highest BCUT2D eigenvalue weighted by molar-refractivity contribution is 7.15. The zero-order chi connectivity index (χ0) is 18.9. The quantitative estimate of drug-likeness (QED) is 0.745. The molecule has 1 aromatic rings. The maximum atomic E-state index is 12.8. The molecule has 2 N–H and O–H groups in total. The van der Waals surface area contributed by atoms with E-state index in [1.54, 1.807) is 6.92 Å². The van der Waals surface area contributed by atoms with Gasteiger partial charge in [0.15, 0.2) is 5.13 Å². The molecular weight excluding hydrogens is 352 g/mol. The summed E-state index contributed by atoms with van der Waals surface area (Å²) in [4.78, 5) is 44.5. The molecule has 26 heavy (non-hydrogen) atoms. The molecule has 3 rings (SSSR count). The van der Waals surface area contributed by atoms with Crippen LogP contribution < -0.4 is 10.6 Å². The van der Waals surface area contributed by atoms with E-state index in [-0.39, 0.29) is 11.8 Å². The predicted octanol–water partition coefficient (Wildman–Crippen LogP) is 2.85. The van der Waals surface area contributed by atoms with E-state index in [0.29, 0.717) is 18.0 Å². The van der Waals surface area contributed by atoms with Gasteiger partial charge in [-0.2, -0.15) is 0 Å². The fraction of sp³-hybridized carbons (Fsp3) is 0.667. The van der Waals surface area contributed by atoms with Crippen molar-refractivity contribution in [2.75, 3.05) is 5.32 Å². The molecule has 0 bridgehead atoms. The molecule has 2 aliphatic rings. The lowest BCUT2D eigenvalue weighted by molar-refractivity contribution is -0.136. The second-order valence-electron chi connectivity index (χ2n) is 7.05. The minimum Gasteiger partial charge on any atom is -0.323 e. The zero-order valence-corrected chi connectivity index (χ0v) is 16.4. The molecule has 1 saturated carbocycles. The number of aromatic nitrogens is 1. The van der Waals surface area contributed by atoms with E-state index in [1.807, 2.05) is 0 Å². The van der Waals surface area contributed by atoms with Gasteiger partial charge in [-0.15, -0.1) is 11.3 Å². The van der Waals surface area contributed by atoms with Crippen LogP contribution in [0.5, 0.6) is 0 Å². The molecule has 2 fully saturated rings. The fourth-order valence-corrected chi connectivity index (χ4v) is 4.73. The van der Waals surface area contributed by atoms with Crippen LogP contribution in [-0.4, -0.2) is 39.3 Å². The summed E-state index contributed by atoms with van der Waals surface area (Å²) in [5.41, 5.74) is 0.221. The number of rotatable bonds is 6. The summed E-state index contributed by atoms with van der Waals surface area (Å²) in [6, 6.07) is -1.34. The van der Waals surface area contributed by atoms with Crippen molar-refractivity contribution in [2.45, 2.75) is 77.3 Å². The summed E-state index contributed by atoms with van der Waals surface area (Å²) in [5.74, 6) is -0.661. The first kappa shape index (κ1) is 18.8. The van der Waals surface area contributed by atoms with E-state index >= 15 is 0 Å². The molecule has 7 nitrogen and oxygen atoms in total. The smallest absolute Gasteiger partial charge is 0.323 e. The van der Waals surface area contributed by atoms with Crippen molar-refractivity contribution in [1.29, 1.82) is 0 Å². The van der Waals surface area contributed by atoms with Gasteiger partial charge < -0.3 is 10.6 Å². The largest absolute Gasteiger partial charge is 0.325 e. The first-order valence-electron chi connectivity index (χ1n) is 9.37. The van der Waals surface area contributed by atoms with Gasteiger partial charge in [-0.05, 0) is 32.6 Å². The molecule has 1 aliphatic heterocycles. The number of nitrogens with one attached hydrogen (secondary N) is 2. The lowest BCUT2D eigenvalue weighted by Crippen LogP contribution is -2.48. The van der Waals surface area contributed by atoms with Crippen molar-refractivity contribution in [3.8, 4) is 0 Å². The number of carbonyl (C=O) groups excluding carboxylic acids is 3. The van der Waals surface area contributed by atoms with Gasteiger partial charge in [-0.25, -0.2) is 14.7 Å². The molecule has 4 amide bonds. The van der Waals surface area contributed by atoms with Crippen LogP contribution in [0.25, 0.3) is 0 Å². The first-order chi connectivity index (χ1) is 12.4. The van der Waals surface area contributed by atoms with E-state index in [4.69, 9.17) is 0 Å². The summed E-state index contributed by atoms with van der Waals surface area (Å²) in [7, 11) is 0. The molecule has 1 atom stereocenters. The number of aryl methyl sites for hydroxylation is 2. The number of hydrogen-bond donors (Lipinski definition) is 2. The molecule has 1 aliphatic carbocycles. The van der Waals surface area contributed by atoms with Crippen LogP contribution in [-0.2, 0) is 22.4 Å². The van der Waals surface area contributed by atoms with Gasteiger partial charge in [0.1, 0.15) is 11.6 Å². The summed E-state index contributed by atoms with van der Waals surface area (Å²) >= 11 is 1.46. The lowest BCUT2D eigenvalue weighted by Gasteiger charge is -2.23. The maximum absolute atomic E-state index is 12.8. The minimum absolute atomic E-state index is 0.275. The first-order valence-corrected chi connectivity index (χ1v) is 10.2. The Morgan fingerprint density at radius 3 is 2.65 bits per heavy atom. The van der Waals surface area contributed by atoms with Crippen molar-refractivity contribution in [3.63, 3.8) is 0 Å². The van der Waals surface area contributed by atoms with Gasteiger partial charge >= 0.3 is 6.03 Å². The van der Waals surface area contributed by atoms with Crippen LogP contribution in [0.1, 0.15) is 63.4 Å². The SMILES string of the molecule is CCCc1nc(NC(=O)C(C)N2C(=O)NC3(CCCC3)C2=O)sc1CC. The molecule has 1 unspecified atom stereocenters. The fourth-order valence-electron chi connectivity index (χ4n) is 3.78. The monoisotopic (exact) mass is 378 g/mol. The molecule has 1 spiro atoms. The number of thiazole rings is 1. The Hall–Kier alpha value is -1.96. The predicted molar refractivity (Wildman–Crippen MR) is 100 cm³/mol. The summed E-state index contributed by atoms with van der Waals surface area (Å²) in [6.45, 7) is 5.74. The number of imide groups is 1.